The van der Waals surface area contributed by atoms with E-state index < -0.39 is 0 Å². The van der Waals surface area contributed by atoms with Crippen LogP contribution in [0.4, 0.5) is 4.39 Å². The van der Waals surface area contributed by atoms with Crippen molar-refractivity contribution in [2.45, 2.75) is 25.4 Å². The lowest BCUT2D eigenvalue weighted by molar-refractivity contribution is -0.135. The number of thiophene rings is 1. The van der Waals surface area contributed by atoms with E-state index in [4.69, 9.17) is 23.2 Å². The van der Waals surface area contributed by atoms with Crippen LogP contribution in [0.15, 0.2) is 53.9 Å². The summed E-state index contributed by atoms with van der Waals surface area (Å²) in [5.74, 6) is -0.387. The number of fused-ring (bicyclic) bond motifs is 1. The van der Waals surface area contributed by atoms with E-state index in [-0.39, 0.29) is 36.3 Å². The normalized spacial score (nSPS) is 20.3. The first kappa shape index (κ1) is 25.2. The minimum absolute atomic E-state index is 0.0172. The van der Waals surface area contributed by atoms with Gasteiger partial charge >= 0.3 is 0 Å². The van der Waals surface area contributed by atoms with Gasteiger partial charge in [0.1, 0.15) is 5.82 Å². The third kappa shape index (κ3) is 5.02. The summed E-state index contributed by atoms with van der Waals surface area (Å²) in [7, 11) is 0. The zero-order valence-electron chi connectivity index (χ0n) is 19.8. The summed E-state index contributed by atoms with van der Waals surface area (Å²) in [6.45, 7) is 4.26. The number of piperazine rings is 1. The summed E-state index contributed by atoms with van der Waals surface area (Å²) >= 11 is 13.8. The Hall–Kier alpha value is -2.45. The lowest BCUT2D eigenvalue weighted by atomic mass is 9.93. The first-order valence-electron chi connectivity index (χ1n) is 11.9. The SMILES string of the molecule is C[C@H]1CN(C(=O)CN2CCc3sccc3[C@@H]2c2cccc(F)c2)CCN1C(=O)c1ccc(Cl)c(Cl)c1. The van der Waals surface area contributed by atoms with Gasteiger partial charge in [0.05, 0.1) is 22.6 Å². The Kier molecular flexibility index (Phi) is 7.35. The van der Waals surface area contributed by atoms with Crippen LogP contribution in [-0.4, -0.2) is 65.3 Å². The van der Waals surface area contributed by atoms with Gasteiger partial charge in [-0.3, -0.25) is 14.5 Å². The van der Waals surface area contributed by atoms with E-state index in [1.807, 2.05) is 17.9 Å². The van der Waals surface area contributed by atoms with Crippen LogP contribution in [0.1, 0.15) is 39.3 Å². The molecule has 5 rings (SSSR count). The van der Waals surface area contributed by atoms with Gasteiger partial charge in [0.25, 0.3) is 5.91 Å². The van der Waals surface area contributed by atoms with Crippen LogP contribution < -0.4 is 0 Å². The maximum Gasteiger partial charge on any atom is 0.254 e. The predicted octanol–water partition coefficient (Wildman–Crippen LogP) is 5.51. The van der Waals surface area contributed by atoms with Crippen molar-refractivity contribution in [3.8, 4) is 0 Å². The van der Waals surface area contributed by atoms with Crippen LogP contribution in [-0.2, 0) is 11.2 Å². The van der Waals surface area contributed by atoms with Gasteiger partial charge in [-0.1, -0.05) is 35.3 Å². The van der Waals surface area contributed by atoms with Gasteiger partial charge in [-0.05, 0) is 66.2 Å². The topological polar surface area (TPSA) is 43.9 Å². The third-order valence-corrected chi connectivity index (χ3v) is 8.71. The van der Waals surface area contributed by atoms with Gasteiger partial charge in [-0.25, -0.2) is 4.39 Å². The molecule has 2 atom stereocenters. The molecule has 0 radical (unpaired) electrons. The molecule has 0 aliphatic carbocycles. The average molecular weight is 546 g/mol. The smallest absolute Gasteiger partial charge is 0.254 e. The van der Waals surface area contributed by atoms with Crippen molar-refractivity contribution in [2.24, 2.45) is 0 Å². The number of rotatable bonds is 4. The molecule has 5 nitrogen and oxygen atoms in total. The van der Waals surface area contributed by atoms with Crippen molar-refractivity contribution >= 4 is 46.4 Å². The molecule has 0 bridgehead atoms. The van der Waals surface area contributed by atoms with Crippen LogP contribution in [0.25, 0.3) is 0 Å². The fourth-order valence-electron chi connectivity index (χ4n) is 5.16. The molecule has 2 aromatic carbocycles. The molecule has 36 heavy (non-hydrogen) atoms. The summed E-state index contributed by atoms with van der Waals surface area (Å²) in [5, 5.41) is 2.81. The fraction of sp³-hybridized carbons (Fsp3) is 0.333. The second-order valence-electron chi connectivity index (χ2n) is 9.29. The molecule has 3 heterocycles. The van der Waals surface area contributed by atoms with Gasteiger partial charge in [-0.2, -0.15) is 0 Å². The van der Waals surface area contributed by atoms with Crippen LogP contribution in [0, 0.1) is 5.82 Å². The fourth-order valence-corrected chi connectivity index (χ4v) is 6.36. The van der Waals surface area contributed by atoms with E-state index in [0.29, 0.717) is 35.2 Å². The average Bonchev–Trinajstić information content (AvgIpc) is 3.34. The van der Waals surface area contributed by atoms with E-state index in [1.165, 1.54) is 10.9 Å². The summed E-state index contributed by atoms with van der Waals surface area (Å²) in [6.07, 6.45) is 0.869. The number of carbonyl (C=O) groups excluding carboxylic acids is 2. The lowest BCUT2D eigenvalue weighted by Gasteiger charge is -2.42. The van der Waals surface area contributed by atoms with Crippen molar-refractivity contribution in [1.29, 1.82) is 0 Å². The van der Waals surface area contributed by atoms with Gasteiger partial charge < -0.3 is 9.80 Å². The molecule has 0 saturated carbocycles. The predicted molar refractivity (Wildman–Crippen MR) is 141 cm³/mol. The molecule has 2 aliphatic rings. The second kappa shape index (κ2) is 10.5. The molecule has 9 heteroatoms. The van der Waals surface area contributed by atoms with E-state index in [1.54, 1.807) is 46.6 Å². The molecule has 0 spiro atoms. The van der Waals surface area contributed by atoms with Crippen LogP contribution in [0.5, 0.6) is 0 Å². The molecule has 0 N–H and O–H groups in total. The minimum atomic E-state index is -0.280. The maximum absolute atomic E-state index is 14.1. The van der Waals surface area contributed by atoms with E-state index >= 15 is 0 Å². The van der Waals surface area contributed by atoms with Crippen LogP contribution >= 0.6 is 34.5 Å². The molecular weight excluding hydrogens is 520 g/mol. The first-order chi connectivity index (χ1) is 17.3. The van der Waals surface area contributed by atoms with Gasteiger partial charge in [-0.15, -0.1) is 11.3 Å². The number of carbonyl (C=O) groups is 2. The summed E-state index contributed by atoms with van der Waals surface area (Å²) in [6, 6.07) is 13.3. The van der Waals surface area contributed by atoms with Crippen molar-refractivity contribution in [3.05, 3.63) is 91.3 Å². The molecular formula is C27H26Cl2FN3O2S. The number of halogens is 3. The van der Waals surface area contributed by atoms with Crippen molar-refractivity contribution in [3.63, 3.8) is 0 Å². The largest absolute Gasteiger partial charge is 0.338 e. The highest BCUT2D eigenvalue weighted by Gasteiger charge is 2.35. The van der Waals surface area contributed by atoms with Gasteiger partial charge in [0, 0.05) is 42.7 Å². The zero-order valence-corrected chi connectivity index (χ0v) is 22.1. The highest BCUT2D eigenvalue weighted by molar-refractivity contribution is 7.10. The van der Waals surface area contributed by atoms with Crippen LogP contribution in [0.2, 0.25) is 10.0 Å². The van der Waals surface area contributed by atoms with Gasteiger partial charge in [0.15, 0.2) is 0 Å². The Bertz CT molecular complexity index is 1300. The first-order valence-corrected chi connectivity index (χ1v) is 13.5. The minimum Gasteiger partial charge on any atom is -0.338 e. The summed E-state index contributed by atoms with van der Waals surface area (Å²) in [4.78, 5) is 33.5. The van der Waals surface area contributed by atoms with E-state index in [9.17, 15) is 14.0 Å². The standard InChI is InChI=1S/C27H26Cl2FN3O2S/c1-17-15-31(10-11-33(17)27(35)19-5-6-22(28)23(29)14-19)25(34)16-32-9-7-24-21(8-12-36-24)26(32)18-3-2-4-20(30)13-18/h2-6,8,12-14,17,26H,7,9-11,15-16H2,1H3/t17-,26-/m0/s1. The highest BCUT2D eigenvalue weighted by atomic mass is 35.5. The Morgan fingerprint density at radius 1 is 1.06 bits per heavy atom. The van der Waals surface area contributed by atoms with Crippen molar-refractivity contribution < 1.29 is 14.0 Å². The number of hydrogen-bond acceptors (Lipinski definition) is 4. The molecule has 3 aromatic rings. The molecule has 188 valence electrons. The highest BCUT2D eigenvalue weighted by Crippen LogP contribution is 2.38. The maximum atomic E-state index is 14.1. The Morgan fingerprint density at radius 3 is 2.64 bits per heavy atom. The van der Waals surface area contributed by atoms with Crippen molar-refractivity contribution in [1.82, 2.24) is 14.7 Å². The number of amides is 2. The van der Waals surface area contributed by atoms with E-state index in [2.05, 4.69) is 16.3 Å². The monoisotopic (exact) mass is 545 g/mol. The molecule has 2 aliphatic heterocycles. The van der Waals surface area contributed by atoms with Crippen LogP contribution in [0.3, 0.4) is 0 Å². The third-order valence-electron chi connectivity index (χ3n) is 6.98. The molecule has 2 amide bonds. The Balaban J connectivity index is 1.28. The molecule has 1 aromatic heterocycles. The Morgan fingerprint density at radius 2 is 1.89 bits per heavy atom. The zero-order chi connectivity index (χ0) is 25.4. The molecule has 1 saturated heterocycles. The summed E-state index contributed by atoms with van der Waals surface area (Å²) in [5.41, 5.74) is 2.48. The van der Waals surface area contributed by atoms with E-state index in [0.717, 1.165) is 24.1 Å². The number of benzene rings is 2. The molecule has 1 fully saturated rings. The molecule has 0 unspecified atom stereocenters. The van der Waals surface area contributed by atoms with Gasteiger partial charge in [0.2, 0.25) is 5.91 Å². The lowest BCUT2D eigenvalue weighted by Crippen LogP contribution is -2.57. The second-order valence-corrected chi connectivity index (χ2v) is 11.1. The number of hydrogen-bond donors (Lipinski definition) is 0. The summed E-state index contributed by atoms with van der Waals surface area (Å²) < 4.78 is 14.1. The quantitative estimate of drug-likeness (QED) is 0.433. The Labute approximate surface area is 224 Å². The number of nitrogens with zero attached hydrogens (tertiary/aromatic N) is 3. The van der Waals surface area contributed by atoms with Crippen molar-refractivity contribution in [2.75, 3.05) is 32.7 Å².